The first-order chi connectivity index (χ1) is 8.67. The Morgan fingerprint density at radius 1 is 1.50 bits per heavy atom. The highest BCUT2D eigenvalue weighted by atomic mass is 19.1. The minimum atomic E-state index is -0.447. The van der Waals surface area contributed by atoms with E-state index in [0.29, 0.717) is 24.2 Å². The van der Waals surface area contributed by atoms with Gasteiger partial charge in [0.25, 0.3) is 0 Å². The molecule has 96 valence electrons. The summed E-state index contributed by atoms with van der Waals surface area (Å²) in [5, 5.41) is 9.10. The molecule has 3 nitrogen and oxygen atoms in total. The first kappa shape index (κ1) is 12.8. The minimum Gasteiger partial charge on any atom is -0.367 e. The fraction of sp³-hybridized carbons (Fsp3) is 0.500. The van der Waals surface area contributed by atoms with Crippen LogP contribution < -0.4 is 10.6 Å². The molecule has 1 heterocycles. The van der Waals surface area contributed by atoms with Crippen LogP contribution >= 0.6 is 0 Å². The smallest absolute Gasteiger partial charge is 0.143 e. The lowest BCUT2D eigenvalue weighted by molar-refractivity contribution is 0.373. The fourth-order valence-corrected chi connectivity index (χ4v) is 2.57. The first-order valence-corrected chi connectivity index (χ1v) is 6.32. The van der Waals surface area contributed by atoms with Crippen molar-refractivity contribution in [2.24, 2.45) is 11.7 Å². The zero-order valence-corrected chi connectivity index (χ0v) is 10.6. The van der Waals surface area contributed by atoms with Gasteiger partial charge in [-0.15, -0.1) is 0 Å². The Balaban J connectivity index is 2.35. The summed E-state index contributed by atoms with van der Waals surface area (Å²) in [5.41, 5.74) is 6.56. The molecule has 2 rings (SSSR count). The molecule has 4 heteroatoms. The van der Waals surface area contributed by atoms with Gasteiger partial charge in [-0.1, -0.05) is 6.07 Å². The van der Waals surface area contributed by atoms with Gasteiger partial charge in [0.2, 0.25) is 0 Å². The molecule has 2 atom stereocenters. The number of piperidine rings is 1. The fourth-order valence-electron chi connectivity index (χ4n) is 2.57. The van der Waals surface area contributed by atoms with Gasteiger partial charge in [-0.2, -0.15) is 5.26 Å². The van der Waals surface area contributed by atoms with Crippen LogP contribution in [0.25, 0.3) is 0 Å². The highest BCUT2D eigenvalue weighted by Crippen LogP contribution is 2.30. The normalized spacial score (nSPS) is 23.8. The average molecular weight is 247 g/mol. The van der Waals surface area contributed by atoms with Crippen LogP contribution in [-0.2, 0) is 0 Å². The van der Waals surface area contributed by atoms with E-state index < -0.39 is 5.82 Å². The molecular weight excluding hydrogens is 229 g/mol. The monoisotopic (exact) mass is 247 g/mol. The van der Waals surface area contributed by atoms with E-state index in [9.17, 15) is 4.39 Å². The van der Waals surface area contributed by atoms with Crippen LogP contribution in [-0.4, -0.2) is 19.1 Å². The molecule has 2 N–H and O–H groups in total. The third-order valence-electron chi connectivity index (χ3n) is 3.73. The lowest BCUT2D eigenvalue weighted by atomic mass is 9.92. The Bertz CT molecular complexity index is 467. The summed E-state index contributed by atoms with van der Waals surface area (Å²) in [6, 6.07) is 7.09. The van der Waals surface area contributed by atoms with Crippen molar-refractivity contribution in [1.29, 1.82) is 5.26 Å². The Morgan fingerprint density at radius 3 is 2.94 bits per heavy atom. The van der Waals surface area contributed by atoms with Crippen molar-refractivity contribution < 1.29 is 4.39 Å². The van der Waals surface area contributed by atoms with Crippen molar-refractivity contribution in [3.63, 3.8) is 0 Å². The number of benzene rings is 1. The van der Waals surface area contributed by atoms with Gasteiger partial charge >= 0.3 is 0 Å². The van der Waals surface area contributed by atoms with Crippen molar-refractivity contribution in [2.75, 3.05) is 18.0 Å². The maximum absolute atomic E-state index is 13.6. The van der Waals surface area contributed by atoms with E-state index in [0.717, 1.165) is 19.4 Å². The number of anilines is 1. The predicted molar refractivity (Wildman–Crippen MR) is 69.7 cm³/mol. The average Bonchev–Trinajstić information content (AvgIpc) is 2.39. The molecule has 1 aromatic rings. The number of rotatable bonds is 2. The van der Waals surface area contributed by atoms with E-state index in [1.807, 2.05) is 12.1 Å². The van der Waals surface area contributed by atoms with Gasteiger partial charge in [-0.3, -0.25) is 0 Å². The summed E-state index contributed by atoms with van der Waals surface area (Å²) in [6.45, 7) is 3.55. The van der Waals surface area contributed by atoms with Crippen LogP contribution in [0, 0.1) is 23.1 Å². The predicted octanol–water partition coefficient (Wildman–Crippen LogP) is 2.26. The van der Waals surface area contributed by atoms with Crippen molar-refractivity contribution in [1.82, 2.24) is 0 Å². The highest BCUT2D eigenvalue weighted by Gasteiger charge is 2.27. The van der Waals surface area contributed by atoms with E-state index >= 15 is 0 Å². The van der Waals surface area contributed by atoms with Crippen LogP contribution in [0.15, 0.2) is 18.2 Å². The molecule has 1 aliphatic rings. The van der Waals surface area contributed by atoms with E-state index in [4.69, 9.17) is 11.0 Å². The van der Waals surface area contributed by atoms with E-state index in [1.54, 1.807) is 6.07 Å². The van der Waals surface area contributed by atoms with Crippen LogP contribution in [0.5, 0.6) is 0 Å². The maximum Gasteiger partial charge on any atom is 0.143 e. The molecule has 1 fully saturated rings. The third kappa shape index (κ3) is 2.32. The van der Waals surface area contributed by atoms with E-state index in [1.165, 1.54) is 6.07 Å². The molecule has 0 amide bonds. The largest absolute Gasteiger partial charge is 0.367 e. The summed E-state index contributed by atoms with van der Waals surface area (Å²) in [6.07, 6.45) is 2.13. The Hall–Kier alpha value is -1.60. The third-order valence-corrected chi connectivity index (χ3v) is 3.73. The standard InChI is InChI=1S/C14H18FN3/c1-10-5-6-11(7-16)9-18(10)14-4-2-3-13(15)12(14)8-17/h2-4,10-11H,5-7,9,16H2,1H3. The zero-order chi connectivity index (χ0) is 13.1. The molecule has 18 heavy (non-hydrogen) atoms. The summed E-state index contributed by atoms with van der Waals surface area (Å²) in [7, 11) is 0. The van der Waals surface area contributed by atoms with E-state index in [-0.39, 0.29) is 5.56 Å². The second kappa shape index (κ2) is 5.36. The van der Waals surface area contributed by atoms with Crippen molar-refractivity contribution in [3.8, 4) is 6.07 Å². The highest BCUT2D eigenvalue weighted by molar-refractivity contribution is 5.60. The Morgan fingerprint density at radius 2 is 2.28 bits per heavy atom. The molecule has 0 aliphatic carbocycles. The molecule has 0 bridgehead atoms. The molecular formula is C14H18FN3. The zero-order valence-electron chi connectivity index (χ0n) is 10.6. The van der Waals surface area contributed by atoms with Crippen molar-refractivity contribution in [2.45, 2.75) is 25.8 Å². The van der Waals surface area contributed by atoms with Crippen LogP contribution in [0.4, 0.5) is 10.1 Å². The maximum atomic E-state index is 13.6. The lowest BCUT2D eigenvalue weighted by Crippen LogP contribution is -2.44. The molecule has 1 saturated heterocycles. The second-order valence-electron chi connectivity index (χ2n) is 4.93. The number of hydrogen-bond acceptors (Lipinski definition) is 3. The minimum absolute atomic E-state index is 0.141. The van der Waals surface area contributed by atoms with Gasteiger partial charge < -0.3 is 10.6 Å². The van der Waals surface area contributed by atoms with Crippen LogP contribution in [0.1, 0.15) is 25.3 Å². The van der Waals surface area contributed by atoms with Crippen LogP contribution in [0.3, 0.4) is 0 Å². The molecule has 1 aliphatic heterocycles. The van der Waals surface area contributed by atoms with Gasteiger partial charge in [0.05, 0.1) is 5.69 Å². The lowest BCUT2D eigenvalue weighted by Gasteiger charge is -2.39. The summed E-state index contributed by atoms with van der Waals surface area (Å²) in [4.78, 5) is 2.11. The molecule has 0 radical (unpaired) electrons. The van der Waals surface area contributed by atoms with Crippen LogP contribution in [0.2, 0.25) is 0 Å². The second-order valence-corrected chi connectivity index (χ2v) is 4.93. The number of hydrogen-bond donors (Lipinski definition) is 1. The van der Waals surface area contributed by atoms with Gasteiger partial charge in [0, 0.05) is 12.6 Å². The Labute approximate surface area is 107 Å². The van der Waals surface area contributed by atoms with Crippen molar-refractivity contribution in [3.05, 3.63) is 29.6 Å². The molecule has 0 saturated carbocycles. The number of nitrogens with zero attached hydrogens (tertiary/aromatic N) is 2. The first-order valence-electron chi connectivity index (χ1n) is 6.32. The van der Waals surface area contributed by atoms with E-state index in [2.05, 4.69) is 11.8 Å². The summed E-state index contributed by atoms with van der Waals surface area (Å²) < 4.78 is 13.6. The van der Waals surface area contributed by atoms with Gasteiger partial charge in [0.1, 0.15) is 17.4 Å². The van der Waals surface area contributed by atoms with Gasteiger partial charge in [-0.25, -0.2) is 4.39 Å². The summed E-state index contributed by atoms with van der Waals surface area (Å²) in [5.74, 6) is -0.0203. The Kier molecular flexibility index (Phi) is 3.83. The quantitative estimate of drug-likeness (QED) is 0.872. The molecule has 1 aromatic carbocycles. The number of halogens is 1. The topological polar surface area (TPSA) is 53.0 Å². The summed E-state index contributed by atoms with van der Waals surface area (Å²) >= 11 is 0. The molecule has 2 unspecified atom stereocenters. The van der Waals surface area contributed by atoms with Gasteiger partial charge in [0.15, 0.2) is 0 Å². The number of nitrogens with two attached hydrogens (primary N) is 1. The molecule has 0 aromatic heterocycles. The van der Waals surface area contributed by atoms with Gasteiger partial charge in [-0.05, 0) is 44.4 Å². The number of nitriles is 1. The molecule has 0 spiro atoms. The van der Waals surface area contributed by atoms with Crippen molar-refractivity contribution >= 4 is 5.69 Å². The SMILES string of the molecule is CC1CCC(CN)CN1c1cccc(F)c1C#N.